The van der Waals surface area contributed by atoms with Crippen molar-refractivity contribution in [3.63, 3.8) is 0 Å². The lowest BCUT2D eigenvalue weighted by Gasteiger charge is -2.13. The Bertz CT molecular complexity index is 756. The summed E-state index contributed by atoms with van der Waals surface area (Å²) in [5, 5.41) is 5.83. The molecule has 1 aliphatic rings. The van der Waals surface area contributed by atoms with Crippen LogP contribution in [0.4, 0.5) is 0 Å². The van der Waals surface area contributed by atoms with Gasteiger partial charge < -0.3 is 10.2 Å². The van der Waals surface area contributed by atoms with Gasteiger partial charge in [-0.15, -0.1) is 11.3 Å². The zero-order valence-corrected chi connectivity index (χ0v) is 14.7. The van der Waals surface area contributed by atoms with Crippen molar-refractivity contribution in [1.82, 2.24) is 15.2 Å². The molecular weight excluding hydrogens is 322 g/mol. The van der Waals surface area contributed by atoms with E-state index in [1.54, 1.807) is 16.2 Å². The Hall–Kier alpha value is -2.21. The Morgan fingerprint density at radius 3 is 3.00 bits per heavy atom. The molecule has 1 aromatic carbocycles. The number of hydrogen-bond donors (Lipinski definition) is 1. The lowest BCUT2D eigenvalue weighted by Crippen LogP contribution is -2.32. The fourth-order valence-electron chi connectivity index (χ4n) is 2.87. The minimum absolute atomic E-state index is 0.0630. The number of thiazole rings is 1. The molecule has 1 aliphatic heterocycles. The van der Waals surface area contributed by atoms with E-state index in [2.05, 4.69) is 29.4 Å². The number of nitrogens with zero attached hydrogens (tertiary/aromatic N) is 2. The highest BCUT2D eigenvalue weighted by Gasteiger charge is 2.33. The standard InChI is InChI=1S/C18H21N3O2S/c1-3-21-10-14(8-16(21)22)17(23)19-9-15-11-24-18(20-15)13-6-4-5-12(2)7-13/h4-7,11,14H,3,8-10H2,1-2H3,(H,19,23)/t14-/m0/s1. The van der Waals surface area contributed by atoms with E-state index in [4.69, 9.17) is 0 Å². The van der Waals surface area contributed by atoms with Crippen molar-refractivity contribution in [3.8, 4) is 10.6 Å². The Morgan fingerprint density at radius 1 is 1.46 bits per heavy atom. The van der Waals surface area contributed by atoms with Crippen molar-refractivity contribution in [2.24, 2.45) is 5.92 Å². The first kappa shape index (κ1) is 16.6. The van der Waals surface area contributed by atoms with Crippen LogP contribution in [0.1, 0.15) is 24.6 Å². The molecule has 1 saturated heterocycles. The molecular formula is C18H21N3O2S. The predicted molar refractivity (Wildman–Crippen MR) is 94.5 cm³/mol. The summed E-state index contributed by atoms with van der Waals surface area (Å²) in [6, 6.07) is 8.22. The van der Waals surface area contributed by atoms with Crippen LogP contribution in [0.2, 0.25) is 0 Å². The number of amides is 2. The van der Waals surface area contributed by atoms with Crippen molar-refractivity contribution in [3.05, 3.63) is 40.9 Å². The van der Waals surface area contributed by atoms with Gasteiger partial charge in [0.15, 0.2) is 0 Å². The molecule has 126 valence electrons. The minimum atomic E-state index is -0.243. The topological polar surface area (TPSA) is 62.3 Å². The molecule has 1 aromatic heterocycles. The van der Waals surface area contributed by atoms with Gasteiger partial charge in [0.25, 0.3) is 0 Å². The Morgan fingerprint density at radius 2 is 2.29 bits per heavy atom. The van der Waals surface area contributed by atoms with E-state index in [0.29, 0.717) is 26.1 Å². The third-order valence-electron chi connectivity index (χ3n) is 4.23. The summed E-state index contributed by atoms with van der Waals surface area (Å²) < 4.78 is 0. The van der Waals surface area contributed by atoms with Gasteiger partial charge in [-0.05, 0) is 19.9 Å². The van der Waals surface area contributed by atoms with Gasteiger partial charge in [0.1, 0.15) is 5.01 Å². The van der Waals surface area contributed by atoms with Crippen LogP contribution in [0.3, 0.4) is 0 Å². The number of aryl methyl sites for hydroxylation is 1. The molecule has 1 atom stereocenters. The average Bonchev–Trinajstić information content (AvgIpc) is 3.19. The van der Waals surface area contributed by atoms with Gasteiger partial charge in [0.2, 0.25) is 11.8 Å². The largest absolute Gasteiger partial charge is 0.350 e. The number of benzene rings is 1. The Labute approximate surface area is 145 Å². The second-order valence-corrected chi connectivity index (χ2v) is 6.92. The molecule has 5 nitrogen and oxygen atoms in total. The lowest BCUT2D eigenvalue weighted by molar-refractivity contribution is -0.128. The third-order valence-corrected chi connectivity index (χ3v) is 5.17. The number of nitrogens with one attached hydrogen (secondary N) is 1. The predicted octanol–water partition coefficient (Wildman–Crippen LogP) is 2.60. The number of carbonyl (C=O) groups excluding carboxylic acids is 2. The van der Waals surface area contributed by atoms with Crippen molar-refractivity contribution >= 4 is 23.2 Å². The van der Waals surface area contributed by atoms with Gasteiger partial charge in [-0.3, -0.25) is 9.59 Å². The molecule has 1 N–H and O–H groups in total. The van der Waals surface area contributed by atoms with Crippen molar-refractivity contribution < 1.29 is 9.59 Å². The van der Waals surface area contributed by atoms with E-state index in [-0.39, 0.29) is 17.7 Å². The minimum Gasteiger partial charge on any atom is -0.350 e. The highest BCUT2D eigenvalue weighted by molar-refractivity contribution is 7.13. The summed E-state index contributed by atoms with van der Waals surface area (Å²) in [5.74, 6) is -0.246. The normalized spacial score (nSPS) is 17.3. The molecule has 3 rings (SSSR count). The number of carbonyl (C=O) groups is 2. The van der Waals surface area contributed by atoms with E-state index < -0.39 is 0 Å². The maximum atomic E-state index is 12.2. The van der Waals surface area contributed by atoms with Crippen molar-refractivity contribution in [2.45, 2.75) is 26.8 Å². The average molecular weight is 343 g/mol. The zero-order chi connectivity index (χ0) is 17.1. The first-order valence-corrected chi connectivity index (χ1v) is 9.01. The summed E-state index contributed by atoms with van der Waals surface area (Å²) in [4.78, 5) is 30.3. The fourth-order valence-corrected chi connectivity index (χ4v) is 3.69. The molecule has 0 radical (unpaired) electrons. The summed E-state index contributed by atoms with van der Waals surface area (Å²) >= 11 is 1.57. The van der Waals surface area contributed by atoms with E-state index >= 15 is 0 Å². The maximum absolute atomic E-state index is 12.2. The van der Waals surface area contributed by atoms with Gasteiger partial charge >= 0.3 is 0 Å². The van der Waals surface area contributed by atoms with E-state index in [9.17, 15) is 9.59 Å². The quantitative estimate of drug-likeness (QED) is 0.908. The smallest absolute Gasteiger partial charge is 0.225 e. The highest BCUT2D eigenvalue weighted by Crippen LogP contribution is 2.24. The second-order valence-electron chi connectivity index (χ2n) is 6.06. The molecule has 2 aromatic rings. The van der Waals surface area contributed by atoms with Crippen LogP contribution < -0.4 is 5.32 Å². The van der Waals surface area contributed by atoms with Gasteiger partial charge in [-0.25, -0.2) is 4.98 Å². The van der Waals surface area contributed by atoms with Gasteiger partial charge in [-0.1, -0.05) is 23.8 Å². The van der Waals surface area contributed by atoms with E-state index in [0.717, 1.165) is 16.3 Å². The number of aromatic nitrogens is 1. The van der Waals surface area contributed by atoms with E-state index in [1.165, 1.54) is 5.56 Å². The second kappa shape index (κ2) is 7.13. The van der Waals surface area contributed by atoms with Crippen LogP contribution in [0, 0.1) is 12.8 Å². The molecule has 0 saturated carbocycles. The molecule has 1 fully saturated rings. The summed E-state index contributed by atoms with van der Waals surface area (Å²) in [6.07, 6.45) is 0.311. The monoisotopic (exact) mass is 343 g/mol. The first-order chi connectivity index (χ1) is 11.6. The van der Waals surface area contributed by atoms with Crippen LogP contribution in [0.25, 0.3) is 10.6 Å². The van der Waals surface area contributed by atoms with Crippen molar-refractivity contribution in [1.29, 1.82) is 0 Å². The molecule has 24 heavy (non-hydrogen) atoms. The van der Waals surface area contributed by atoms with Crippen LogP contribution in [-0.2, 0) is 16.1 Å². The Kier molecular flexibility index (Phi) is 4.94. The number of likely N-dealkylation sites (tertiary alicyclic amines) is 1. The van der Waals surface area contributed by atoms with Crippen molar-refractivity contribution in [2.75, 3.05) is 13.1 Å². The van der Waals surface area contributed by atoms with Gasteiger partial charge in [0, 0.05) is 30.5 Å². The molecule has 2 amide bonds. The summed E-state index contributed by atoms with van der Waals surface area (Å²) in [6.45, 7) is 5.57. The number of hydrogen-bond acceptors (Lipinski definition) is 4. The molecule has 0 bridgehead atoms. The van der Waals surface area contributed by atoms with Crippen LogP contribution >= 0.6 is 11.3 Å². The number of rotatable bonds is 5. The maximum Gasteiger partial charge on any atom is 0.225 e. The first-order valence-electron chi connectivity index (χ1n) is 8.13. The van der Waals surface area contributed by atoms with Gasteiger partial charge in [0.05, 0.1) is 18.2 Å². The van der Waals surface area contributed by atoms with E-state index in [1.807, 2.05) is 24.4 Å². The van der Waals surface area contributed by atoms with Gasteiger partial charge in [-0.2, -0.15) is 0 Å². The molecule has 6 heteroatoms. The molecule has 2 heterocycles. The fraction of sp³-hybridized carbons (Fsp3) is 0.389. The zero-order valence-electron chi connectivity index (χ0n) is 13.9. The molecule has 0 aliphatic carbocycles. The van der Waals surface area contributed by atoms with Crippen LogP contribution in [-0.4, -0.2) is 34.8 Å². The summed E-state index contributed by atoms with van der Waals surface area (Å²) in [7, 11) is 0. The van der Waals surface area contributed by atoms with Crippen LogP contribution in [0.15, 0.2) is 29.6 Å². The Balaban J connectivity index is 1.58. The summed E-state index contributed by atoms with van der Waals surface area (Å²) in [5.41, 5.74) is 3.14. The molecule has 0 unspecified atom stereocenters. The third kappa shape index (κ3) is 3.64. The lowest BCUT2D eigenvalue weighted by atomic mass is 10.1. The highest BCUT2D eigenvalue weighted by atomic mass is 32.1. The SMILES string of the molecule is CCN1C[C@@H](C(=O)NCc2csc(-c3cccc(C)c3)n2)CC1=O. The molecule has 0 spiro atoms. The van der Waals surface area contributed by atoms with Crippen LogP contribution in [0.5, 0.6) is 0 Å².